The smallest absolute Gasteiger partial charge is 0.455 e. The molecule has 0 fully saturated rings. The summed E-state index contributed by atoms with van der Waals surface area (Å²) in [5.41, 5.74) is -1.54. The monoisotopic (exact) mass is 1050 g/mol. The second-order valence-corrected chi connectivity index (χ2v) is 19.8. The number of aromatic nitrogens is 1. The molecule has 0 atom stereocenters. The molecule has 6 aromatic carbocycles. The Balaban J connectivity index is 0.000000186. The Morgan fingerprint density at radius 2 is 1.05 bits per heavy atom. The number of carbonyl (C=O) groups is 1. The van der Waals surface area contributed by atoms with Crippen LogP contribution in [0.15, 0.2) is 215 Å². The van der Waals surface area contributed by atoms with Crippen LogP contribution < -0.4 is 26.8 Å². The standard InChI is InChI=1S/C18H10F3NO4.C18H15OP.C16H19OP.Eu/c1-22-11-5-3-2-4-8(11)9-6-10-13(7-12(9)22)26-17(25)14(15(10)23)16(24)18(19,20)21;19-20(16-10-4-1-5-11-16,17-12-6-2-7-13-17)18-14-8-3-9-15-18;1-5-14(6-2)18(17,15(7-3)8-4)16-12-10-9-11-13-16;/h2-7,23H,1H3;1-15H;5-13H,1,3H2,2,4H3;/b;;14-6+,15-8+;. The van der Waals surface area contributed by atoms with Gasteiger partial charge in [-0.15, -0.1) is 0 Å². The SMILES string of the molecule is C=C/C(=C\C)P(=O)(/C(C=C)=C/C)c1ccccc1.Cn1c2ccccc2c2cc3c(O)c(C(=O)C(F)(F)F)c(=O)oc3cc21.O=P(c1ccccc1)(c1ccccc1)c1ccccc1.[Eu]. The Labute approximate surface area is 415 Å². The van der Waals surface area contributed by atoms with Gasteiger partial charge in [0.25, 0.3) is 5.78 Å². The molecule has 1 radical (unpaired) electrons. The minimum atomic E-state index is -5.30. The summed E-state index contributed by atoms with van der Waals surface area (Å²) in [6.07, 6.45) is 1.74. The number of aryl methyl sites for hydroxylation is 1. The van der Waals surface area contributed by atoms with Gasteiger partial charge in [-0.2, -0.15) is 13.2 Å². The van der Waals surface area contributed by atoms with Gasteiger partial charge in [-0.1, -0.05) is 177 Å². The zero-order chi connectivity index (χ0) is 46.2. The molecule has 0 bridgehead atoms. The van der Waals surface area contributed by atoms with E-state index in [0.29, 0.717) is 10.9 Å². The predicted molar refractivity (Wildman–Crippen MR) is 256 cm³/mol. The van der Waals surface area contributed by atoms with Crippen molar-refractivity contribution in [1.82, 2.24) is 4.57 Å². The molecule has 0 aliphatic carbocycles. The van der Waals surface area contributed by atoms with Crippen LogP contribution >= 0.6 is 14.3 Å². The average molecular weight is 1050 g/mol. The molecule has 0 amide bonds. The van der Waals surface area contributed by atoms with Gasteiger partial charge in [0.15, 0.2) is 19.8 Å². The van der Waals surface area contributed by atoms with Crippen molar-refractivity contribution in [1.29, 1.82) is 0 Å². The molecular formula is C52H44EuF3NO6P2. The van der Waals surface area contributed by atoms with Crippen LogP contribution in [0.4, 0.5) is 13.2 Å². The Morgan fingerprint density at radius 3 is 1.46 bits per heavy atom. The number of halogens is 3. The van der Waals surface area contributed by atoms with Crippen molar-refractivity contribution >= 4 is 74.1 Å². The van der Waals surface area contributed by atoms with Crippen molar-refractivity contribution in [3.63, 3.8) is 0 Å². The fourth-order valence-electron chi connectivity index (χ4n) is 7.48. The van der Waals surface area contributed by atoms with Crippen LogP contribution in [-0.4, -0.2) is 21.6 Å². The van der Waals surface area contributed by atoms with Crippen molar-refractivity contribution in [3.05, 3.63) is 222 Å². The van der Waals surface area contributed by atoms with Crippen LogP contribution in [0.2, 0.25) is 0 Å². The van der Waals surface area contributed by atoms with Gasteiger partial charge < -0.3 is 23.2 Å². The molecule has 0 unspecified atom stereocenters. The van der Waals surface area contributed by atoms with Crippen LogP contribution in [-0.2, 0) is 16.2 Å². The number of hydrogen-bond donors (Lipinski definition) is 1. The van der Waals surface area contributed by atoms with E-state index in [2.05, 4.69) is 13.2 Å². The summed E-state index contributed by atoms with van der Waals surface area (Å²) < 4.78 is 72.2. The first-order chi connectivity index (χ1) is 30.7. The van der Waals surface area contributed by atoms with E-state index in [1.165, 1.54) is 12.1 Å². The van der Waals surface area contributed by atoms with Crippen molar-refractivity contribution < 1.29 is 86.0 Å². The largest absolute Gasteiger partial charge is 0.506 e. The summed E-state index contributed by atoms with van der Waals surface area (Å²) in [6.45, 7) is 11.3. The predicted octanol–water partition coefficient (Wildman–Crippen LogP) is 12.1. The molecule has 8 rings (SSSR count). The number of Topliss-reactive ketones (excluding diaryl/α,β-unsaturated/α-hetero) is 1. The van der Waals surface area contributed by atoms with Gasteiger partial charge in [-0.05, 0) is 26.0 Å². The van der Waals surface area contributed by atoms with E-state index in [4.69, 9.17) is 4.42 Å². The maximum atomic E-state index is 13.8. The minimum Gasteiger partial charge on any atom is -0.506 e. The molecule has 0 spiro atoms. The van der Waals surface area contributed by atoms with Crippen LogP contribution in [0.1, 0.15) is 24.2 Å². The number of benzene rings is 6. The summed E-state index contributed by atoms with van der Waals surface area (Å²) in [6, 6.07) is 48.8. The van der Waals surface area contributed by atoms with E-state index in [0.717, 1.165) is 42.7 Å². The third-order valence-corrected chi connectivity index (χ3v) is 17.1. The average Bonchev–Trinajstić information content (AvgIpc) is 3.60. The third-order valence-electron chi connectivity index (χ3n) is 10.6. The Kier molecular flexibility index (Phi) is 16.9. The first-order valence-corrected chi connectivity index (χ1v) is 23.4. The van der Waals surface area contributed by atoms with Crippen molar-refractivity contribution in [3.8, 4) is 5.75 Å². The van der Waals surface area contributed by atoms with Gasteiger partial charge in [-0.3, -0.25) is 4.79 Å². The summed E-state index contributed by atoms with van der Waals surface area (Å²) in [7, 11) is -3.79. The van der Waals surface area contributed by atoms with E-state index in [1.807, 2.05) is 170 Å². The number of para-hydroxylation sites is 1. The molecule has 2 aromatic heterocycles. The van der Waals surface area contributed by atoms with E-state index in [9.17, 15) is 37.0 Å². The number of aromatic hydroxyl groups is 1. The van der Waals surface area contributed by atoms with E-state index >= 15 is 0 Å². The van der Waals surface area contributed by atoms with Crippen molar-refractivity contribution in [2.75, 3.05) is 0 Å². The minimum absolute atomic E-state index is 0. The zero-order valence-electron chi connectivity index (χ0n) is 35.6. The summed E-state index contributed by atoms with van der Waals surface area (Å²) in [4.78, 5) is 23.4. The van der Waals surface area contributed by atoms with Gasteiger partial charge in [0.1, 0.15) is 11.3 Å². The maximum absolute atomic E-state index is 13.8. The molecule has 0 saturated heterocycles. The number of ketones is 1. The molecule has 0 aliphatic rings. The van der Waals surface area contributed by atoms with E-state index < -0.39 is 43.2 Å². The van der Waals surface area contributed by atoms with Crippen molar-refractivity contribution in [2.24, 2.45) is 7.05 Å². The molecule has 331 valence electrons. The van der Waals surface area contributed by atoms with Crippen molar-refractivity contribution in [2.45, 2.75) is 20.0 Å². The van der Waals surface area contributed by atoms with Crippen LogP contribution in [0.25, 0.3) is 32.8 Å². The number of hydrogen-bond acceptors (Lipinski definition) is 6. The second-order valence-electron chi connectivity index (χ2n) is 14.3. The Morgan fingerprint density at radius 1 is 0.631 bits per heavy atom. The number of rotatable bonds is 9. The number of fused-ring (bicyclic) bond motifs is 4. The molecule has 0 saturated carbocycles. The fourth-order valence-corrected chi connectivity index (χ4v) is 12.9. The normalized spacial score (nSPS) is 12.8. The van der Waals surface area contributed by atoms with Gasteiger partial charge in [0, 0.05) is 111 Å². The molecule has 8 aromatic rings. The summed E-state index contributed by atoms with van der Waals surface area (Å²) >= 11 is 0. The molecule has 2 heterocycles. The first-order valence-electron chi connectivity index (χ1n) is 20.0. The molecule has 1 N–H and O–H groups in total. The summed E-state index contributed by atoms with van der Waals surface area (Å²) in [5, 5.41) is 16.5. The number of carbonyl (C=O) groups excluding carboxylic acids is 1. The molecule has 65 heavy (non-hydrogen) atoms. The second kappa shape index (κ2) is 21.7. The number of allylic oxidation sites excluding steroid dienone is 6. The van der Waals surface area contributed by atoms with Gasteiger partial charge in [0.2, 0.25) is 0 Å². The topological polar surface area (TPSA) is 107 Å². The number of alkyl halides is 3. The number of nitrogens with zero attached hydrogens (tertiary/aromatic N) is 1. The molecule has 0 aliphatic heterocycles. The molecule has 13 heteroatoms. The Bertz CT molecular complexity index is 3090. The summed E-state index contributed by atoms with van der Waals surface area (Å²) in [5.74, 6) is -3.47. The zero-order valence-corrected chi connectivity index (χ0v) is 39.8. The van der Waals surface area contributed by atoms with E-state index in [1.54, 1.807) is 25.3 Å². The van der Waals surface area contributed by atoms with E-state index in [-0.39, 0.29) is 60.3 Å². The molecular weight excluding hydrogens is 1010 g/mol. The maximum Gasteiger partial charge on any atom is 0.455 e. The quantitative estimate of drug-likeness (QED) is 0.0668. The Hall–Kier alpha value is -5.41. The third kappa shape index (κ3) is 10.2. The van der Waals surface area contributed by atoms with Gasteiger partial charge >= 0.3 is 11.8 Å². The molecule has 7 nitrogen and oxygen atoms in total. The fraction of sp³-hybridized carbons (Fsp3) is 0.0769. The van der Waals surface area contributed by atoms with Crippen LogP contribution in [0.3, 0.4) is 0 Å². The van der Waals surface area contributed by atoms with Gasteiger partial charge in [-0.25, -0.2) is 4.79 Å². The van der Waals surface area contributed by atoms with Crippen LogP contribution in [0.5, 0.6) is 5.75 Å². The van der Waals surface area contributed by atoms with Gasteiger partial charge in [0.05, 0.1) is 10.9 Å². The van der Waals surface area contributed by atoms with Crippen LogP contribution in [0, 0.1) is 49.4 Å². The first kappa shape index (κ1) is 50.6.